The van der Waals surface area contributed by atoms with Crippen molar-refractivity contribution in [3.63, 3.8) is 0 Å². The minimum atomic E-state index is 0.480. The number of hydrogen-bond acceptors (Lipinski definition) is 1. The second-order valence-corrected chi connectivity index (χ2v) is 4.35. The Bertz CT molecular complexity index is 219. The molecule has 0 N–H and O–H groups in total. The third-order valence-electron chi connectivity index (χ3n) is 3.72. The van der Waals surface area contributed by atoms with Crippen LogP contribution in [0.5, 0.6) is 0 Å². The average Bonchev–Trinajstić information content (AvgIpc) is 2.71. The third kappa shape index (κ3) is 1.03. The van der Waals surface area contributed by atoms with Crippen molar-refractivity contribution in [1.82, 2.24) is 0 Å². The first-order chi connectivity index (χ1) is 5.79. The van der Waals surface area contributed by atoms with Crippen LogP contribution in [-0.2, 0) is 4.79 Å². The first-order valence-corrected chi connectivity index (χ1v) is 4.89. The van der Waals surface area contributed by atoms with Gasteiger partial charge < -0.3 is 4.79 Å². The predicted octanol–water partition coefficient (Wildman–Crippen LogP) is 2.57. The minimum Gasteiger partial charge on any atom is -0.303 e. The molecule has 0 aliphatic heterocycles. The fourth-order valence-electron chi connectivity index (χ4n) is 2.80. The van der Waals surface area contributed by atoms with Gasteiger partial charge in [-0.2, -0.15) is 0 Å². The summed E-state index contributed by atoms with van der Waals surface area (Å²) in [5, 5.41) is 0. The number of carbonyl (C=O) groups is 1. The van der Waals surface area contributed by atoms with Crippen LogP contribution >= 0.6 is 0 Å². The van der Waals surface area contributed by atoms with Gasteiger partial charge in [0.25, 0.3) is 0 Å². The van der Waals surface area contributed by atoms with E-state index in [1.54, 1.807) is 0 Å². The maximum atomic E-state index is 10.3. The zero-order chi connectivity index (χ0) is 8.60. The van der Waals surface area contributed by atoms with Crippen molar-refractivity contribution in [2.75, 3.05) is 0 Å². The van der Waals surface area contributed by atoms with Crippen LogP contribution in [0.1, 0.15) is 32.6 Å². The van der Waals surface area contributed by atoms with Gasteiger partial charge in [0, 0.05) is 6.42 Å². The van der Waals surface area contributed by atoms with E-state index in [9.17, 15) is 4.79 Å². The van der Waals surface area contributed by atoms with Crippen molar-refractivity contribution in [1.29, 1.82) is 0 Å². The molecule has 0 aromatic heterocycles. The summed E-state index contributed by atoms with van der Waals surface area (Å²) in [4.78, 5) is 10.3. The molecule has 0 unspecified atom stereocenters. The van der Waals surface area contributed by atoms with Crippen LogP contribution < -0.4 is 0 Å². The highest BCUT2D eigenvalue weighted by Crippen LogP contribution is 2.65. The normalized spacial score (nSPS) is 43.8. The zero-order valence-corrected chi connectivity index (χ0v) is 7.62. The van der Waals surface area contributed by atoms with E-state index < -0.39 is 0 Å². The SMILES string of the molecule is C[C@@]1(CCC=O)[C@@H]2C=CCC[C@@H]21. The van der Waals surface area contributed by atoms with E-state index >= 15 is 0 Å². The Hall–Kier alpha value is -0.590. The predicted molar refractivity (Wildman–Crippen MR) is 48.8 cm³/mol. The van der Waals surface area contributed by atoms with Crippen LogP contribution in [0.4, 0.5) is 0 Å². The summed E-state index contributed by atoms with van der Waals surface area (Å²) in [7, 11) is 0. The Morgan fingerprint density at radius 3 is 3.08 bits per heavy atom. The summed E-state index contributed by atoms with van der Waals surface area (Å²) in [6.07, 6.45) is 10.1. The van der Waals surface area contributed by atoms with Crippen molar-refractivity contribution in [3.05, 3.63) is 12.2 Å². The Morgan fingerprint density at radius 2 is 2.50 bits per heavy atom. The molecule has 2 aliphatic rings. The number of hydrogen-bond donors (Lipinski definition) is 0. The molecular weight excluding hydrogens is 148 g/mol. The molecule has 2 aliphatic carbocycles. The van der Waals surface area contributed by atoms with Crippen molar-refractivity contribution in [3.8, 4) is 0 Å². The first-order valence-electron chi connectivity index (χ1n) is 4.89. The summed E-state index contributed by atoms with van der Waals surface area (Å²) in [6.45, 7) is 2.33. The second-order valence-electron chi connectivity index (χ2n) is 4.35. The molecule has 1 nitrogen and oxygen atoms in total. The summed E-state index contributed by atoms with van der Waals surface area (Å²) in [5.74, 6) is 1.69. The Morgan fingerprint density at radius 1 is 1.67 bits per heavy atom. The lowest BCUT2D eigenvalue weighted by Crippen LogP contribution is -1.99. The van der Waals surface area contributed by atoms with E-state index in [2.05, 4.69) is 19.1 Å². The molecule has 0 amide bonds. The van der Waals surface area contributed by atoms with E-state index in [1.165, 1.54) is 12.8 Å². The molecule has 1 heteroatoms. The summed E-state index contributed by atoms with van der Waals surface area (Å²) < 4.78 is 0. The van der Waals surface area contributed by atoms with E-state index in [4.69, 9.17) is 0 Å². The van der Waals surface area contributed by atoms with Crippen LogP contribution in [0.3, 0.4) is 0 Å². The highest BCUT2D eigenvalue weighted by Gasteiger charge is 2.58. The molecule has 0 spiro atoms. The lowest BCUT2D eigenvalue weighted by Gasteiger charge is -2.06. The molecular formula is C11H16O. The van der Waals surface area contributed by atoms with Crippen molar-refractivity contribution in [2.45, 2.75) is 32.6 Å². The summed E-state index contributed by atoms with van der Waals surface area (Å²) >= 11 is 0. The molecule has 0 aromatic carbocycles. The largest absolute Gasteiger partial charge is 0.303 e. The molecule has 0 heterocycles. The number of aldehydes is 1. The topological polar surface area (TPSA) is 17.1 Å². The van der Waals surface area contributed by atoms with Crippen LogP contribution in [0.15, 0.2) is 12.2 Å². The second kappa shape index (κ2) is 2.72. The molecule has 0 aromatic rings. The van der Waals surface area contributed by atoms with Gasteiger partial charge in [-0.05, 0) is 36.5 Å². The standard InChI is InChI=1S/C11H16O/c1-11(7-4-8-12)9-5-2-3-6-10(9)11/h2,5,8-10H,3-4,6-7H2,1H3/t9-,10+,11-/m1/s1. The lowest BCUT2D eigenvalue weighted by atomic mass is 9.98. The fourth-order valence-corrected chi connectivity index (χ4v) is 2.80. The van der Waals surface area contributed by atoms with Gasteiger partial charge in [0.2, 0.25) is 0 Å². The highest BCUT2D eigenvalue weighted by atomic mass is 16.1. The number of rotatable bonds is 3. The smallest absolute Gasteiger partial charge is 0.120 e. The lowest BCUT2D eigenvalue weighted by molar-refractivity contribution is -0.108. The van der Waals surface area contributed by atoms with E-state index in [1.807, 2.05) is 0 Å². The van der Waals surface area contributed by atoms with Crippen LogP contribution in [0.2, 0.25) is 0 Å². The van der Waals surface area contributed by atoms with Gasteiger partial charge in [-0.25, -0.2) is 0 Å². The monoisotopic (exact) mass is 164 g/mol. The number of carbonyl (C=O) groups excluding carboxylic acids is 1. The van der Waals surface area contributed by atoms with E-state index in [-0.39, 0.29) is 0 Å². The molecule has 2 rings (SSSR count). The molecule has 0 radical (unpaired) electrons. The van der Waals surface area contributed by atoms with E-state index in [0.29, 0.717) is 5.41 Å². The van der Waals surface area contributed by atoms with Gasteiger partial charge in [-0.1, -0.05) is 19.1 Å². The van der Waals surface area contributed by atoms with Crippen LogP contribution in [0, 0.1) is 17.3 Å². The van der Waals surface area contributed by atoms with Crippen LogP contribution in [0.25, 0.3) is 0 Å². The van der Waals surface area contributed by atoms with Crippen molar-refractivity contribution < 1.29 is 4.79 Å². The van der Waals surface area contributed by atoms with Gasteiger partial charge in [0.1, 0.15) is 6.29 Å². The van der Waals surface area contributed by atoms with Crippen LogP contribution in [-0.4, -0.2) is 6.29 Å². The minimum absolute atomic E-state index is 0.480. The first kappa shape index (κ1) is 8.03. The Kier molecular flexibility index (Phi) is 1.82. The van der Waals surface area contributed by atoms with Crippen molar-refractivity contribution >= 4 is 6.29 Å². The van der Waals surface area contributed by atoms with Gasteiger partial charge in [0.15, 0.2) is 0 Å². The molecule has 0 saturated heterocycles. The van der Waals surface area contributed by atoms with Gasteiger partial charge in [0.05, 0.1) is 0 Å². The Labute approximate surface area is 73.8 Å². The molecule has 1 fully saturated rings. The van der Waals surface area contributed by atoms with Crippen molar-refractivity contribution in [2.24, 2.45) is 17.3 Å². The molecule has 66 valence electrons. The Balaban J connectivity index is 1.97. The summed E-state index contributed by atoms with van der Waals surface area (Å²) in [6, 6.07) is 0. The van der Waals surface area contributed by atoms with Gasteiger partial charge in [-0.3, -0.25) is 0 Å². The number of fused-ring (bicyclic) bond motifs is 1. The summed E-state index contributed by atoms with van der Waals surface area (Å²) in [5.41, 5.74) is 0.480. The average molecular weight is 164 g/mol. The van der Waals surface area contributed by atoms with Gasteiger partial charge in [-0.15, -0.1) is 0 Å². The van der Waals surface area contributed by atoms with Gasteiger partial charge >= 0.3 is 0 Å². The number of allylic oxidation sites excluding steroid dienone is 2. The maximum absolute atomic E-state index is 10.3. The quantitative estimate of drug-likeness (QED) is 0.463. The highest BCUT2D eigenvalue weighted by molar-refractivity contribution is 5.49. The maximum Gasteiger partial charge on any atom is 0.120 e. The fraction of sp³-hybridized carbons (Fsp3) is 0.727. The van der Waals surface area contributed by atoms with E-state index in [0.717, 1.165) is 31.0 Å². The molecule has 12 heavy (non-hydrogen) atoms. The molecule has 3 atom stereocenters. The molecule has 0 bridgehead atoms. The zero-order valence-electron chi connectivity index (χ0n) is 7.62. The molecule has 1 saturated carbocycles. The third-order valence-corrected chi connectivity index (χ3v) is 3.72.